The molecule has 1 aromatic rings. The Bertz CT molecular complexity index is 283. The smallest absolute Gasteiger partial charge is 0.228 e. The maximum absolute atomic E-state index is 5.21. The number of hydrogen-bond donors (Lipinski definition) is 1. The minimum Gasteiger partial charge on any atom is -0.381 e. The molecule has 5 nitrogen and oxygen atoms in total. The molecule has 1 fully saturated rings. The molecule has 1 aliphatic rings. The summed E-state index contributed by atoms with van der Waals surface area (Å²) in [6, 6.07) is 0. The van der Waals surface area contributed by atoms with Gasteiger partial charge in [0.15, 0.2) is 5.82 Å². The van der Waals surface area contributed by atoms with Gasteiger partial charge in [-0.1, -0.05) is 5.16 Å². The van der Waals surface area contributed by atoms with Gasteiger partial charge in [-0.15, -0.1) is 0 Å². The van der Waals surface area contributed by atoms with Gasteiger partial charge >= 0.3 is 0 Å². The molecule has 0 bridgehead atoms. The molecule has 2 heterocycles. The van der Waals surface area contributed by atoms with Crippen LogP contribution in [0.4, 0.5) is 0 Å². The molecule has 0 radical (unpaired) electrons. The molecule has 0 aliphatic carbocycles. The summed E-state index contributed by atoms with van der Waals surface area (Å²) in [7, 11) is 0. The van der Waals surface area contributed by atoms with Crippen molar-refractivity contribution in [3.05, 3.63) is 11.7 Å². The second kappa shape index (κ2) is 4.52. The third-order valence-electron chi connectivity index (χ3n) is 2.29. The fraction of sp³-hybridized carbons (Fsp3) is 0.778. The highest BCUT2D eigenvalue weighted by Crippen LogP contribution is 2.16. The Hall–Kier alpha value is -0.940. The second-order valence-corrected chi connectivity index (χ2v) is 3.35. The summed E-state index contributed by atoms with van der Waals surface area (Å²) in [6.45, 7) is 5.28. The van der Waals surface area contributed by atoms with Gasteiger partial charge in [-0.3, -0.25) is 0 Å². The molecule has 1 aliphatic heterocycles. The van der Waals surface area contributed by atoms with Crippen molar-refractivity contribution in [3.63, 3.8) is 0 Å². The van der Waals surface area contributed by atoms with Crippen LogP contribution in [0.25, 0.3) is 0 Å². The average molecular weight is 197 g/mol. The maximum Gasteiger partial charge on any atom is 0.228 e. The first-order chi connectivity index (χ1) is 6.90. The van der Waals surface area contributed by atoms with Crippen molar-refractivity contribution in [2.75, 3.05) is 26.3 Å². The van der Waals surface area contributed by atoms with Crippen LogP contribution >= 0.6 is 0 Å². The van der Waals surface area contributed by atoms with E-state index in [-0.39, 0.29) is 0 Å². The van der Waals surface area contributed by atoms with E-state index < -0.39 is 0 Å². The topological polar surface area (TPSA) is 60.2 Å². The van der Waals surface area contributed by atoms with Gasteiger partial charge in [0.1, 0.15) is 0 Å². The first-order valence-corrected chi connectivity index (χ1v) is 5.01. The largest absolute Gasteiger partial charge is 0.381 e. The fourth-order valence-electron chi connectivity index (χ4n) is 1.31. The van der Waals surface area contributed by atoms with E-state index in [1.54, 1.807) is 0 Å². The van der Waals surface area contributed by atoms with E-state index in [1.807, 2.05) is 6.92 Å². The standard InChI is InChI=1S/C9H15N3O2/c1-2-13-4-3-8-11-9(12-14-8)7-5-10-6-7/h7,10H,2-6H2,1H3. The first-order valence-electron chi connectivity index (χ1n) is 5.01. The van der Waals surface area contributed by atoms with E-state index in [1.165, 1.54) is 0 Å². The van der Waals surface area contributed by atoms with Crippen molar-refractivity contribution >= 4 is 0 Å². The lowest BCUT2D eigenvalue weighted by atomic mass is 10.0. The van der Waals surface area contributed by atoms with Crippen LogP contribution in [0, 0.1) is 0 Å². The van der Waals surface area contributed by atoms with Crippen molar-refractivity contribution in [3.8, 4) is 0 Å². The van der Waals surface area contributed by atoms with Crippen molar-refractivity contribution in [1.82, 2.24) is 15.5 Å². The summed E-state index contributed by atoms with van der Waals surface area (Å²) in [4.78, 5) is 4.31. The Balaban J connectivity index is 1.83. The van der Waals surface area contributed by atoms with Crippen molar-refractivity contribution in [2.24, 2.45) is 0 Å². The molecular formula is C9H15N3O2. The summed E-state index contributed by atoms with van der Waals surface area (Å²) < 4.78 is 10.3. The Morgan fingerprint density at radius 3 is 3.07 bits per heavy atom. The van der Waals surface area contributed by atoms with E-state index in [0.29, 0.717) is 24.8 Å². The van der Waals surface area contributed by atoms with Crippen LogP contribution in [-0.2, 0) is 11.2 Å². The summed E-state index contributed by atoms with van der Waals surface area (Å²) in [5.41, 5.74) is 0. The molecule has 1 aromatic heterocycles. The number of nitrogens with one attached hydrogen (secondary N) is 1. The highest BCUT2D eigenvalue weighted by atomic mass is 16.5. The number of rotatable bonds is 5. The van der Waals surface area contributed by atoms with E-state index >= 15 is 0 Å². The van der Waals surface area contributed by atoms with Crippen LogP contribution in [0.15, 0.2) is 4.52 Å². The van der Waals surface area contributed by atoms with Crippen LogP contribution in [0.1, 0.15) is 24.6 Å². The molecule has 2 rings (SSSR count). The molecule has 5 heteroatoms. The molecule has 0 atom stereocenters. The molecule has 0 saturated carbocycles. The lowest BCUT2D eigenvalue weighted by Gasteiger charge is -2.23. The average Bonchev–Trinajstić information content (AvgIpc) is 2.51. The van der Waals surface area contributed by atoms with Gasteiger partial charge in [0.05, 0.1) is 13.0 Å². The zero-order valence-corrected chi connectivity index (χ0v) is 8.32. The monoisotopic (exact) mass is 197 g/mol. The van der Waals surface area contributed by atoms with E-state index in [9.17, 15) is 0 Å². The predicted molar refractivity (Wildman–Crippen MR) is 50.1 cm³/mol. The van der Waals surface area contributed by atoms with Gasteiger partial charge in [-0.2, -0.15) is 4.98 Å². The maximum atomic E-state index is 5.21. The van der Waals surface area contributed by atoms with Gasteiger partial charge in [-0.05, 0) is 6.92 Å². The van der Waals surface area contributed by atoms with E-state index in [4.69, 9.17) is 9.26 Å². The van der Waals surface area contributed by atoms with Crippen molar-refractivity contribution in [2.45, 2.75) is 19.3 Å². The van der Waals surface area contributed by atoms with Gasteiger partial charge in [0.25, 0.3) is 0 Å². The molecule has 0 amide bonds. The summed E-state index contributed by atoms with van der Waals surface area (Å²) in [5, 5.41) is 7.11. The van der Waals surface area contributed by atoms with Gasteiger partial charge in [0, 0.05) is 25.6 Å². The van der Waals surface area contributed by atoms with Gasteiger partial charge in [0.2, 0.25) is 5.89 Å². The minimum absolute atomic E-state index is 0.444. The second-order valence-electron chi connectivity index (χ2n) is 3.35. The summed E-state index contributed by atoms with van der Waals surface area (Å²) in [5.74, 6) is 1.95. The number of ether oxygens (including phenoxy) is 1. The first kappa shape index (κ1) is 9.61. The van der Waals surface area contributed by atoms with Gasteiger partial charge < -0.3 is 14.6 Å². The Labute approximate surface area is 82.8 Å². The zero-order valence-electron chi connectivity index (χ0n) is 8.32. The van der Waals surface area contributed by atoms with Gasteiger partial charge in [-0.25, -0.2) is 0 Å². The summed E-state index contributed by atoms with van der Waals surface area (Å²) in [6.07, 6.45) is 0.709. The Kier molecular flexibility index (Phi) is 3.10. The number of hydrogen-bond acceptors (Lipinski definition) is 5. The molecule has 0 spiro atoms. The third-order valence-corrected chi connectivity index (χ3v) is 2.29. The van der Waals surface area contributed by atoms with Crippen LogP contribution < -0.4 is 5.32 Å². The molecule has 1 N–H and O–H groups in total. The van der Waals surface area contributed by atoms with Crippen LogP contribution in [-0.4, -0.2) is 36.4 Å². The number of nitrogens with zero attached hydrogens (tertiary/aromatic N) is 2. The van der Waals surface area contributed by atoms with Crippen LogP contribution in [0.3, 0.4) is 0 Å². The fourth-order valence-corrected chi connectivity index (χ4v) is 1.31. The third kappa shape index (κ3) is 2.10. The predicted octanol–water partition coefficient (Wildman–Crippen LogP) is 0.335. The molecule has 78 valence electrons. The quantitative estimate of drug-likeness (QED) is 0.689. The molecule has 1 saturated heterocycles. The van der Waals surface area contributed by atoms with E-state index in [2.05, 4.69) is 15.5 Å². The summed E-state index contributed by atoms with van der Waals surface area (Å²) >= 11 is 0. The van der Waals surface area contributed by atoms with Crippen LogP contribution in [0.2, 0.25) is 0 Å². The van der Waals surface area contributed by atoms with Crippen molar-refractivity contribution < 1.29 is 9.26 Å². The minimum atomic E-state index is 0.444. The lowest BCUT2D eigenvalue weighted by molar-refractivity contribution is 0.144. The Morgan fingerprint density at radius 1 is 1.57 bits per heavy atom. The normalized spacial score (nSPS) is 16.9. The van der Waals surface area contributed by atoms with E-state index in [0.717, 1.165) is 25.5 Å². The van der Waals surface area contributed by atoms with Crippen LogP contribution in [0.5, 0.6) is 0 Å². The van der Waals surface area contributed by atoms with Crippen molar-refractivity contribution in [1.29, 1.82) is 0 Å². The zero-order chi connectivity index (χ0) is 9.80. The highest BCUT2D eigenvalue weighted by Gasteiger charge is 2.23. The molecule has 14 heavy (non-hydrogen) atoms. The molecular weight excluding hydrogens is 182 g/mol. The SMILES string of the molecule is CCOCCc1nc(C2CNC2)no1. The molecule has 0 unspecified atom stereocenters. The molecule has 0 aromatic carbocycles. The Morgan fingerprint density at radius 2 is 2.43 bits per heavy atom. The lowest BCUT2D eigenvalue weighted by Crippen LogP contribution is -2.40. The number of aromatic nitrogens is 2. The highest BCUT2D eigenvalue weighted by molar-refractivity contribution is 5.02.